The van der Waals surface area contributed by atoms with Gasteiger partial charge in [0.05, 0.1) is 12.6 Å². The zero-order valence-electron chi connectivity index (χ0n) is 7.64. The summed E-state index contributed by atoms with van der Waals surface area (Å²) in [6.07, 6.45) is 3.34. The van der Waals surface area contributed by atoms with Gasteiger partial charge in [-0.3, -0.25) is 9.09 Å². The highest BCUT2D eigenvalue weighted by molar-refractivity contribution is 5.00. The van der Waals surface area contributed by atoms with Gasteiger partial charge in [0.2, 0.25) is 0 Å². The summed E-state index contributed by atoms with van der Waals surface area (Å²) in [5.41, 5.74) is 0. The van der Waals surface area contributed by atoms with Crippen LogP contribution < -0.4 is 5.76 Å². The summed E-state index contributed by atoms with van der Waals surface area (Å²) in [4.78, 5) is 14.9. The molecule has 6 heteroatoms. The van der Waals surface area contributed by atoms with E-state index in [1.54, 1.807) is 6.20 Å². The first kappa shape index (κ1) is 8.74. The number of aromatic nitrogens is 3. The molecule has 2 aromatic rings. The van der Waals surface area contributed by atoms with Gasteiger partial charge in [0.15, 0.2) is 12.2 Å². The molecular formula is C8H9N3O3. The highest BCUT2D eigenvalue weighted by Crippen LogP contribution is 2.04. The van der Waals surface area contributed by atoms with Crippen LogP contribution in [0.25, 0.3) is 0 Å². The van der Waals surface area contributed by atoms with Crippen molar-refractivity contribution < 1.29 is 8.94 Å². The predicted molar refractivity (Wildman–Crippen MR) is 45.7 cm³/mol. The second-order valence-corrected chi connectivity index (χ2v) is 2.75. The van der Waals surface area contributed by atoms with Crippen LogP contribution in [-0.2, 0) is 13.0 Å². The van der Waals surface area contributed by atoms with E-state index in [1.807, 2.05) is 6.92 Å². The first-order chi connectivity index (χ1) is 6.81. The molecule has 0 bridgehead atoms. The van der Waals surface area contributed by atoms with Gasteiger partial charge in [-0.25, -0.2) is 9.78 Å². The molecule has 14 heavy (non-hydrogen) atoms. The maximum Gasteiger partial charge on any atom is 0.441 e. The first-order valence-corrected chi connectivity index (χ1v) is 4.24. The molecule has 0 fully saturated rings. The summed E-state index contributed by atoms with van der Waals surface area (Å²) in [7, 11) is 0. The normalized spacial score (nSPS) is 10.6. The van der Waals surface area contributed by atoms with E-state index in [0.29, 0.717) is 24.6 Å². The van der Waals surface area contributed by atoms with Crippen LogP contribution in [0, 0.1) is 0 Å². The van der Waals surface area contributed by atoms with E-state index in [0.717, 1.165) is 0 Å². The predicted octanol–water partition coefficient (Wildman–Crippen LogP) is 0.435. The van der Waals surface area contributed by atoms with E-state index < -0.39 is 5.76 Å². The monoisotopic (exact) mass is 195 g/mol. The number of oxazole rings is 1. The minimum Gasteiger partial charge on any atom is -0.448 e. The van der Waals surface area contributed by atoms with E-state index in [9.17, 15) is 4.79 Å². The minimum atomic E-state index is -0.443. The first-order valence-electron chi connectivity index (χ1n) is 4.24. The molecule has 0 aromatic carbocycles. The van der Waals surface area contributed by atoms with Crippen LogP contribution in [0.5, 0.6) is 0 Å². The quantitative estimate of drug-likeness (QED) is 0.710. The third kappa shape index (κ3) is 1.46. The molecule has 0 atom stereocenters. The maximum absolute atomic E-state index is 11.1. The Bertz CT molecular complexity index is 454. The van der Waals surface area contributed by atoms with Crippen molar-refractivity contribution in [3.05, 3.63) is 34.7 Å². The summed E-state index contributed by atoms with van der Waals surface area (Å²) < 4.78 is 11.0. The molecule has 2 rings (SSSR count). The van der Waals surface area contributed by atoms with E-state index in [1.165, 1.54) is 11.0 Å². The van der Waals surface area contributed by atoms with E-state index >= 15 is 0 Å². The summed E-state index contributed by atoms with van der Waals surface area (Å²) in [5.74, 6) is 0.761. The molecule has 74 valence electrons. The zero-order chi connectivity index (χ0) is 9.97. The molecule has 0 aliphatic rings. The van der Waals surface area contributed by atoms with E-state index in [4.69, 9.17) is 4.42 Å². The molecule has 2 heterocycles. The molecule has 0 saturated carbocycles. The van der Waals surface area contributed by atoms with Crippen molar-refractivity contribution in [2.75, 3.05) is 0 Å². The van der Waals surface area contributed by atoms with Crippen LogP contribution >= 0.6 is 0 Å². The topological polar surface area (TPSA) is 74.1 Å². The summed E-state index contributed by atoms with van der Waals surface area (Å²) in [6.45, 7) is 2.38. The second kappa shape index (κ2) is 3.49. The molecule has 0 radical (unpaired) electrons. The molecule has 0 aliphatic heterocycles. The van der Waals surface area contributed by atoms with E-state index in [2.05, 4.69) is 14.7 Å². The van der Waals surface area contributed by atoms with Gasteiger partial charge in [0.25, 0.3) is 0 Å². The van der Waals surface area contributed by atoms with Crippen LogP contribution in [0.4, 0.5) is 0 Å². The van der Waals surface area contributed by atoms with Crippen molar-refractivity contribution in [1.29, 1.82) is 0 Å². The van der Waals surface area contributed by atoms with Crippen molar-refractivity contribution >= 4 is 0 Å². The van der Waals surface area contributed by atoms with Gasteiger partial charge >= 0.3 is 5.76 Å². The van der Waals surface area contributed by atoms with Gasteiger partial charge < -0.3 is 4.42 Å². The Morgan fingerprint density at radius 1 is 1.57 bits per heavy atom. The number of rotatable bonds is 3. The smallest absolute Gasteiger partial charge is 0.441 e. The number of nitrogens with zero attached hydrogens (tertiary/aromatic N) is 3. The van der Waals surface area contributed by atoms with Crippen molar-refractivity contribution in [2.24, 2.45) is 0 Å². The lowest BCUT2D eigenvalue weighted by molar-refractivity contribution is 0.373. The Balaban J connectivity index is 2.29. The van der Waals surface area contributed by atoms with Crippen LogP contribution in [0.15, 0.2) is 26.3 Å². The lowest BCUT2D eigenvalue weighted by atomic mass is 10.3. The minimum absolute atomic E-state index is 0.416. The van der Waals surface area contributed by atoms with Gasteiger partial charge in [0.1, 0.15) is 5.76 Å². The van der Waals surface area contributed by atoms with Crippen LogP contribution in [0.2, 0.25) is 0 Å². The average molecular weight is 195 g/mol. The fourth-order valence-corrected chi connectivity index (χ4v) is 1.22. The molecule has 0 unspecified atom stereocenters. The summed E-state index contributed by atoms with van der Waals surface area (Å²) in [6, 6.07) is 0. The molecule has 2 aromatic heterocycles. The van der Waals surface area contributed by atoms with Gasteiger partial charge in [-0.2, -0.15) is 0 Å². The Hall–Kier alpha value is -1.85. The van der Waals surface area contributed by atoms with Gasteiger partial charge in [-0.1, -0.05) is 5.16 Å². The van der Waals surface area contributed by atoms with Crippen LogP contribution in [-0.4, -0.2) is 14.7 Å². The molecule has 0 saturated heterocycles. The fraction of sp³-hybridized carbons (Fsp3) is 0.375. The standard InChI is InChI=1S/C8H9N3O3/c1-2-11-7(10-14-8(11)12)3-6-4-9-5-13-6/h4-5H,2-3H2,1H3. The number of hydrogen-bond acceptors (Lipinski definition) is 5. The Labute approximate surface area is 79.2 Å². The van der Waals surface area contributed by atoms with E-state index in [-0.39, 0.29) is 0 Å². The lowest BCUT2D eigenvalue weighted by Crippen LogP contribution is -2.15. The maximum atomic E-state index is 11.1. The summed E-state index contributed by atoms with van der Waals surface area (Å²) in [5, 5.41) is 3.65. The molecule has 0 spiro atoms. The third-order valence-corrected chi connectivity index (χ3v) is 1.89. The van der Waals surface area contributed by atoms with Crippen LogP contribution in [0.1, 0.15) is 18.5 Å². The van der Waals surface area contributed by atoms with Crippen LogP contribution in [0.3, 0.4) is 0 Å². The molecule has 6 nitrogen and oxygen atoms in total. The highest BCUT2D eigenvalue weighted by atomic mass is 16.5. The van der Waals surface area contributed by atoms with Gasteiger partial charge in [-0.15, -0.1) is 0 Å². The molecular weight excluding hydrogens is 186 g/mol. The molecule has 0 aliphatic carbocycles. The number of hydrogen-bond donors (Lipinski definition) is 0. The second-order valence-electron chi connectivity index (χ2n) is 2.75. The van der Waals surface area contributed by atoms with Crippen molar-refractivity contribution in [3.8, 4) is 0 Å². The molecule has 0 N–H and O–H groups in total. The Morgan fingerprint density at radius 2 is 2.43 bits per heavy atom. The SMILES string of the molecule is CCn1c(Cc2cnco2)noc1=O. The third-order valence-electron chi connectivity index (χ3n) is 1.89. The average Bonchev–Trinajstić information content (AvgIpc) is 2.77. The highest BCUT2D eigenvalue weighted by Gasteiger charge is 2.10. The van der Waals surface area contributed by atoms with Gasteiger partial charge in [0, 0.05) is 6.54 Å². The van der Waals surface area contributed by atoms with Crippen molar-refractivity contribution in [2.45, 2.75) is 19.9 Å². The molecule has 0 amide bonds. The largest absolute Gasteiger partial charge is 0.448 e. The Morgan fingerprint density at radius 3 is 3.07 bits per heavy atom. The fourth-order valence-electron chi connectivity index (χ4n) is 1.22. The zero-order valence-corrected chi connectivity index (χ0v) is 7.64. The Kier molecular flexibility index (Phi) is 2.18. The summed E-state index contributed by atoms with van der Waals surface area (Å²) >= 11 is 0. The van der Waals surface area contributed by atoms with Crippen molar-refractivity contribution in [1.82, 2.24) is 14.7 Å². The van der Waals surface area contributed by atoms with Crippen molar-refractivity contribution in [3.63, 3.8) is 0 Å². The lowest BCUT2D eigenvalue weighted by Gasteiger charge is -1.96. The van der Waals surface area contributed by atoms with Gasteiger partial charge in [-0.05, 0) is 6.92 Å².